The van der Waals surface area contributed by atoms with Crippen LogP contribution in [0.5, 0.6) is 0 Å². The summed E-state index contributed by atoms with van der Waals surface area (Å²) in [6.07, 6.45) is 25.5. The molecule has 4 fully saturated rings. The molecule has 1 nitrogen and oxygen atoms in total. The lowest BCUT2D eigenvalue weighted by Gasteiger charge is -2.61. The first-order valence-corrected chi connectivity index (χ1v) is 15.4. The molecule has 7 unspecified atom stereocenters. The van der Waals surface area contributed by atoms with Crippen LogP contribution in [0.1, 0.15) is 125 Å². The van der Waals surface area contributed by atoms with Gasteiger partial charge in [-0.25, -0.2) is 0 Å². The first-order chi connectivity index (χ1) is 16.9. The summed E-state index contributed by atoms with van der Waals surface area (Å²) in [4.78, 5) is 2.29. The second-order valence-corrected chi connectivity index (χ2v) is 12.8. The summed E-state index contributed by atoms with van der Waals surface area (Å²) in [5.41, 5.74) is 1.27. The Bertz CT molecular complexity index is 651. The fraction of sp³-hybridized carbons (Fsp3) is 0.824. The monoisotopic (exact) mass is 483 g/mol. The van der Waals surface area contributed by atoms with Crippen molar-refractivity contribution in [3.63, 3.8) is 0 Å². The number of fused-ring (bicyclic) bond motifs is 5. The summed E-state index contributed by atoms with van der Waals surface area (Å²) in [5.74, 6) is 6.06. The third kappa shape index (κ3) is 6.48. The molecule has 35 heavy (non-hydrogen) atoms. The van der Waals surface area contributed by atoms with Crippen molar-refractivity contribution in [2.45, 2.75) is 125 Å². The Morgan fingerprint density at radius 1 is 0.857 bits per heavy atom. The number of hydrogen-bond acceptors (Lipinski definition) is 1. The van der Waals surface area contributed by atoms with Gasteiger partial charge in [0.1, 0.15) is 0 Å². The van der Waals surface area contributed by atoms with Crippen LogP contribution in [-0.2, 0) is 0 Å². The fourth-order valence-electron chi connectivity index (χ4n) is 9.32. The van der Waals surface area contributed by atoms with Crippen LogP contribution in [-0.4, -0.2) is 11.4 Å². The van der Waals surface area contributed by atoms with Crippen LogP contribution in [0.2, 0.25) is 0 Å². The largest absolute Gasteiger partial charge is 0.355 e. The molecular formula is C34H61N. The molecule has 0 bridgehead atoms. The molecule has 0 N–H and O–H groups in total. The van der Waals surface area contributed by atoms with Crippen molar-refractivity contribution in [1.29, 1.82) is 0 Å². The summed E-state index contributed by atoms with van der Waals surface area (Å²) >= 11 is 0. The lowest BCUT2D eigenvalue weighted by atomic mass is 9.44. The Hall–Kier alpha value is -0.980. The van der Waals surface area contributed by atoms with Crippen molar-refractivity contribution in [3.05, 3.63) is 38.2 Å². The zero-order valence-corrected chi connectivity index (χ0v) is 24.7. The minimum Gasteiger partial charge on any atom is -0.355 e. The molecule has 0 radical (unpaired) electrons. The number of rotatable bonds is 7. The van der Waals surface area contributed by atoms with Crippen molar-refractivity contribution in [2.75, 3.05) is 6.54 Å². The minimum absolute atomic E-state index is 0.604. The zero-order valence-electron chi connectivity index (χ0n) is 24.7. The molecule has 4 rings (SSSR count). The number of hydrogen-bond donors (Lipinski definition) is 0. The third-order valence-corrected chi connectivity index (χ3v) is 11.0. The predicted octanol–water partition coefficient (Wildman–Crippen LogP) is 10.6. The van der Waals surface area contributed by atoms with E-state index in [0.717, 1.165) is 42.1 Å². The van der Waals surface area contributed by atoms with Crippen LogP contribution in [0.3, 0.4) is 0 Å². The normalized spacial score (nSPS) is 39.7. The molecule has 0 aliphatic heterocycles. The van der Waals surface area contributed by atoms with Gasteiger partial charge in [0.25, 0.3) is 0 Å². The van der Waals surface area contributed by atoms with E-state index in [9.17, 15) is 0 Å². The smallest absolute Gasteiger partial charge is 0.0222 e. The standard InChI is InChI=1S/C29H49N.C3H8.C2H4/c1-6-9-22-14-17-29(5)24(21-22)10-12-25-26-13-11-23(16-20-30(8-3)19-7-2)28(26,4)18-15-27(25)29;1-3-2;1-2/h7-8,19,22-27H,3,6,9-18,20-21H2,1-2,4-5H3;3H2,1-2H3;1-2H2/b19-7-;;/t22?,23-,24?,25?,26?,27?,28?,29?;;/m1../s1. The van der Waals surface area contributed by atoms with Gasteiger partial charge in [0.15, 0.2) is 0 Å². The van der Waals surface area contributed by atoms with Crippen molar-refractivity contribution in [1.82, 2.24) is 4.90 Å². The highest BCUT2D eigenvalue weighted by molar-refractivity contribution is 5.09. The highest BCUT2D eigenvalue weighted by atomic mass is 15.1. The van der Waals surface area contributed by atoms with Crippen molar-refractivity contribution < 1.29 is 0 Å². The van der Waals surface area contributed by atoms with Gasteiger partial charge in [0.05, 0.1) is 0 Å². The molecule has 1 heteroatoms. The predicted molar refractivity (Wildman–Crippen MR) is 157 cm³/mol. The summed E-state index contributed by atoms with van der Waals surface area (Å²) in [6.45, 7) is 25.3. The van der Waals surface area contributed by atoms with Gasteiger partial charge in [0.2, 0.25) is 0 Å². The second-order valence-electron chi connectivity index (χ2n) is 12.8. The van der Waals surface area contributed by atoms with E-state index in [4.69, 9.17) is 0 Å². The van der Waals surface area contributed by atoms with Crippen LogP contribution < -0.4 is 0 Å². The van der Waals surface area contributed by atoms with Crippen LogP contribution >= 0.6 is 0 Å². The van der Waals surface area contributed by atoms with Crippen LogP contribution in [0.15, 0.2) is 38.2 Å². The first kappa shape index (κ1) is 30.2. The Morgan fingerprint density at radius 3 is 2.14 bits per heavy atom. The third-order valence-electron chi connectivity index (χ3n) is 11.0. The highest BCUT2D eigenvalue weighted by Crippen LogP contribution is 2.68. The molecule has 4 aliphatic carbocycles. The van der Waals surface area contributed by atoms with E-state index in [1.54, 1.807) is 19.3 Å². The lowest BCUT2D eigenvalue weighted by molar-refractivity contribution is -0.119. The van der Waals surface area contributed by atoms with E-state index in [-0.39, 0.29) is 0 Å². The molecule has 0 heterocycles. The SMILES string of the molecule is C=C.C=CN(/C=C\C)CC[C@H]1CCC2C3CCC4CC(CCC)CCC4(C)C3CCC21C.CCC. The van der Waals surface area contributed by atoms with Gasteiger partial charge in [0, 0.05) is 6.54 Å². The summed E-state index contributed by atoms with van der Waals surface area (Å²) < 4.78 is 0. The second kappa shape index (κ2) is 14.1. The van der Waals surface area contributed by atoms with Gasteiger partial charge in [-0.3, -0.25) is 0 Å². The Balaban J connectivity index is 0.000000803. The maximum atomic E-state index is 4.02. The fourth-order valence-corrected chi connectivity index (χ4v) is 9.32. The molecular weight excluding hydrogens is 422 g/mol. The van der Waals surface area contributed by atoms with Crippen LogP contribution in [0.25, 0.3) is 0 Å². The van der Waals surface area contributed by atoms with E-state index in [1.165, 1.54) is 64.2 Å². The first-order valence-electron chi connectivity index (χ1n) is 15.4. The molecule has 4 aliphatic rings. The molecule has 0 aromatic rings. The lowest BCUT2D eigenvalue weighted by Crippen LogP contribution is -2.53. The van der Waals surface area contributed by atoms with Crippen molar-refractivity contribution in [2.24, 2.45) is 46.3 Å². The van der Waals surface area contributed by atoms with Gasteiger partial charge >= 0.3 is 0 Å². The minimum atomic E-state index is 0.604. The zero-order chi connectivity index (χ0) is 26.1. The Morgan fingerprint density at radius 2 is 1.51 bits per heavy atom. The Kier molecular flexibility index (Phi) is 12.2. The molecule has 0 spiro atoms. The van der Waals surface area contributed by atoms with Gasteiger partial charge in [-0.1, -0.05) is 66.5 Å². The Labute approximate surface area is 220 Å². The van der Waals surface area contributed by atoms with E-state index < -0.39 is 0 Å². The van der Waals surface area contributed by atoms with Crippen LogP contribution in [0, 0.1) is 46.3 Å². The molecule has 202 valence electrons. The maximum Gasteiger partial charge on any atom is 0.0222 e. The van der Waals surface area contributed by atoms with Gasteiger partial charge in [-0.05, 0) is 130 Å². The molecule has 8 atom stereocenters. The van der Waals surface area contributed by atoms with E-state index in [1.807, 2.05) is 6.20 Å². The van der Waals surface area contributed by atoms with Crippen LogP contribution in [0.4, 0.5) is 0 Å². The average molecular weight is 484 g/mol. The van der Waals surface area contributed by atoms with Crippen molar-refractivity contribution in [3.8, 4) is 0 Å². The average Bonchev–Trinajstić information content (AvgIpc) is 3.20. The van der Waals surface area contributed by atoms with Gasteiger partial charge < -0.3 is 4.90 Å². The summed E-state index contributed by atoms with van der Waals surface area (Å²) in [6, 6.07) is 0. The summed E-state index contributed by atoms with van der Waals surface area (Å²) in [5, 5.41) is 0. The summed E-state index contributed by atoms with van der Waals surface area (Å²) in [7, 11) is 0. The quantitative estimate of drug-likeness (QED) is 0.325. The molecule has 0 amide bonds. The van der Waals surface area contributed by atoms with E-state index >= 15 is 0 Å². The highest BCUT2D eigenvalue weighted by Gasteiger charge is 2.59. The topological polar surface area (TPSA) is 3.24 Å². The van der Waals surface area contributed by atoms with Gasteiger partial charge in [-0.15, -0.1) is 13.2 Å². The van der Waals surface area contributed by atoms with E-state index in [0.29, 0.717) is 10.8 Å². The number of allylic oxidation sites excluding steroid dienone is 1. The molecule has 4 saturated carbocycles. The van der Waals surface area contributed by atoms with Gasteiger partial charge in [-0.2, -0.15) is 0 Å². The molecule has 0 aromatic carbocycles. The van der Waals surface area contributed by atoms with Crippen molar-refractivity contribution >= 4 is 0 Å². The number of nitrogens with zero attached hydrogens (tertiary/aromatic N) is 1. The molecule has 0 aromatic heterocycles. The molecule has 0 saturated heterocycles. The maximum absolute atomic E-state index is 4.02. The van der Waals surface area contributed by atoms with E-state index in [2.05, 4.69) is 78.5 Å².